The minimum absolute atomic E-state index is 0.219. The lowest BCUT2D eigenvalue weighted by Gasteiger charge is -2.36. The molecule has 0 amide bonds. The summed E-state index contributed by atoms with van der Waals surface area (Å²) < 4.78 is 54.6. The highest BCUT2D eigenvalue weighted by molar-refractivity contribution is 5.50. The summed E-state index contributed by atoms with van der Waals surface area (Å²) in [4.78, 5) is 21.2. The molecule has 6 rings (SSSR count). The van der Waals surface area contributed by atoms with Crippen molar-refractivity contribution in [3.8, 4) is 17.5 Å². The van der Waals surface area contributed by atoms with Crippen LogP contribution in [0.5, 0.6) is 17.5 Å². The van der Waals surface area contributed by atoms with Crippen LogP contribution in [0.3, 0.4) is 0 Å². The first kappa shape index (κ1) is 32.0. The Morgan fingerprint density at radius 3 is 2.26 bits per heavy atom. The largest absolute Gasteiger partial charge is 0.573 e. The number of anilines is 2. The fourth-order valence-electron chi connectivity index (χ4n) is 5.72. The van der Waals surface area contributed by atoms with Crippen molar-refractivity contribution in [2.45, 2.75) is 38.5 Å². The molecule has 1 unspecified atom stereocenters. The molecule has 0 bridgehead atoms. The molecule has 2 aliphatic rings. The molecule has 248 valence electrons. The number of halogens is 3. The highest BCUT2D eigenvalue weighted by Gasteiger charge is 2.31. The van der Waals surface area contributed by atoms with Gasteiger partial charge >= 0.3 is 18.2 Å². The zero-order valence-corrected chi connectivity index (χ0v) is 25.8. The van der Waals surface area contributed by atoms with Gasteiger partial charge in [0, 0.05) is 75.6 Å². The second-order valence-corrected chi connectivity index (χ2v) is 11.6. The number of aromatic nitrogens is 2. The first-order valence-electron chi connectivity index (χ1n) is 15.3. The summed E-state index contributed by atoms with van der Waals surface area (Å²) in [6, 6.07) is 22.6. The van der Waals surface area contributed by atoms with E-state index in [1.54, 1.807) is 16.7 Å². The zero-order valence-electron chi connectivity index (χ0n) is 25.8. The summed E-state index contributed by atoms with van der Waals surface area (Å²) in [5, 5.41) is 11.0. The predicted octanol–water partition coefficient (Wildman–Crippen LogP) is 5.88. The molecule has 0 aliphatic carbocycles. The van der Waals surface area contributed by atoms with Crippen LogP contribution in [0.25, 0.3) is 0 Å². The third-order valence-electron chi connectivity index (χ3n) is 8.25. The van der Waals surface area contributed by atoms with Crippen molar-refractivity contribution in [2.24, 2.45) is 0 Å². The van der Waals surface area contributed by atoms with Gasteiger partial charge in [0.2, 0.25) is 0 Å². The van der Waals surface area contributed by atoms with Gasteiger partial charge in [-0.25, -0.2) is 0 Å². The van der Waals surface area contributed by atoms with Gasteiger partial charge in [-0.05, 0) is 64.6 Å². The van der Waals surface area contributed by atoms with Crippen molar-refractivity contribution in [2.75, 3.05) is 49.6 Å². The van der Waals surface area contributed by atoms with Crippen LogP contribution in [0.15, 0.2) is 79.0 Å². The molecule has 47 heavy (non-hydrogen) atoms. The van der Waals surface area contributed by atoms with Crippen molar-refractivity contribution in [1.29, 1.82) is 0 Å². The topological polar surface area (TPSA) is 98.4 Å². The Morgan fingerprint density at radius 2 is 1.60 bits per heavy atom. The van der Waals surface area contributed by atoms with Crippen molar-refractivity contribution in [3.63, 3.8) is 0 Å². The van der Waals surface area contributed by atoms with Gasteiger partial charge in [-0.2, -0.15) is 0 Å². The molecule has 2 aliphatic heterocycles. The summed E-state index contributed by atoms with van der Waals surface area (Å²) in [7, 11) is 1.95. The van der Waals surface area contributed by atoms with E-state index in [9.17, 15) is 23.3 Å². The maximum Gasteiger partial charge on any atom is 0.573 e. The number of benzene rings is 3. The number of alkyl halides is 3. The van der Waals surface area contributed by atoms with Crippen LogP contribution in [-0.4, -0.2) is 71.7 Å². The average molecular weight is 653 g/mol. The van der Waals surface area contributed by atoms with Crippen LogP contribution in [0.2, 0.25) is 0 Å². The highest BCUT2D eigenvalue weighted by Crippen LogP contribution is 2.27. The summed E-state index contributed by atoms with van der Waals surface area (Å²) in [5.74, 6) is 0.288. The Hall–Kier alpha value is -4.98. The van der Waals surface area contributed by atoms with Gasteiger partial charge in [0.05, 0.1) is 0 Å². The van der Waals surface area contributed by atoms with Crippen LogP contribution < -0.4 is 24.0 Å². The number of hydrogen-bond donors (Lipinski definition) is 0. The number of imidazole rings is 1. The fourth-order valence-corrected chi connectivity index (χ4v) is 5.72. The average Bonchev–Trinajstić information content (AvgIpc) is 3.49. The number of nitrogens with zero attached hydrogens (tertiary/aromatic N) is 6. The summed E-state index contributed by atoms with van der Waals surface area (Å²) in [6.07, 6.45) is -2.86. The molecule has 0 radical (unpaired) electrons. The molecule has 0 spiro atoms. The minimum atomic E-state index is -4.70. The third-order valence-corrected chi connectivity index (χ3v) is 8.25. The molecular weight excluding hydrogens is 617 g/mol. The van der Waals surface area contributed by atoms with E-state index in [0.717, 1.165) is 55.4 Å². The van der Waals surface area contributed by atoms with Crippen molar-refractivity contribution in [1.82, 2.24) is 14.5 Å². The van der Waals surface area contributed by atoms with Crippen LogP contribution >= 0.6 is 0 Å². The Morgan fingerprint density at radius 1 is 0.936 bits per heavy atom. The standard InChI is InChI=1S/C33H35F3N6O5/c1-38(20-24-4-10-29(11-5-24)47-33(34,35)36)26-6-2-25(3-7-26)21-39-16-18-40(19-17-39)27-8-12-28(13-9-27)45-23-30-14-15-41-22-31(42(43)44)37-32(41)46-30/h2-13,22,30H,14-21,23H2,1H3. The molecule has 0 N–H and O–H groups in total. The SMILES string of the molecule is CN(Cc1ccc(OC(F)(F)F)cc1)c1ccc(CN2CCN(c3ccc(OCC4CCn5cc([N+](=O)[O-])nc5O4)cc3)CC2)cc1. The van der Waals surface area contributed by atoms with Crippen molar-refractivity contribution >= 4 is 17.2 Å². The maximum atomic E-state index is 12.4. The van der Waals surface area contributed by atoms with Gasteiger partial charge in [-0.3, -0.25) is 9.47 Å². The molecule has 0 saturated carbocycles. The van der Waals surface area contributed by atoms with Crippen LogP contribution in [-0.2, 0) is 19.6 Å². The lowest BCUT2D eigenvalue weighted by atomic mass is 10.1. The van der Waals surface area contributed by atoms with Gasteiger partial charge in [0.25, 0.3) is 0 Å². The summed E-state index contributed by atoms with van der Waals surface area (Å²) in [6.45, 7) is 5.99. The van der Waals surface area contributed by atoms with Gasteiger partial charge in [0.15, 0.2) is 0 Å². The lowest BCUT2D eigenvalue weighted by Crippen LogP contribution is -2.45. The number of ether oxygens (including phenoxy) is 3. The van der Waals surface area contributed by atoms with Crippen LogP contribution in [0, 0.1) is 10.1 Å². The fraction of sp³-hybridized carbons (Fsp3) is 0.364. The summed E-state index contributed by atoms with van der Waals surface area (Å²) in [5.41, 5.74) is 4.25. The third kappa shape index (κ3) is 8.44. The smallest absolute Gasteiger partial charge is 0.490 e. The van der Waals surface area contributed by atoms with E-state index < -0.39 is 11.3 Å². The lowest BCUT2D eigenvalue weighted by molar-refractivity contribution is -0.389. The van der Waals surface area contributed by atoms with E-state index in [2.05, 4.69) is 55.9 Å². The van der Waals surface area contributed by atoms with E-state index >= 15 is 0 Å². The van der Waals surface area contributed by atoms with Crippen LogP contribution in [0.1, 0.15) is 17.5 Å². The second-order valence-electron chi connectivity index (χ2n) is 11.6. The number of nitro groups is 1. The van der Waals surface area contributed by atoms with Gasteiger partial charge < -0.3 is 34.1 Å². The van der Waals surface area contributed by atoms with E-state index in [-0.39, 0.29) is 23.7 Å². The Bertz CT molecular complexity index is 1640. The quantitative estimate of drug-likeness (QED) is 0.145. The molecular formula is C33H35F3N6O5. The minimum Gasteiger partial charge on any atom is -0.490 e. The first-order valence-corrected chi connectivity index (χ1v) is 15.3. The molecule has 1 saturated heterocycles. The molecule has 3 heterocycles. The Kier molecular flexibility index (Phi) is 9.38. The number of fused-ring (bicyclic) bond motifs is 1. The number of piperazine rings is 1. The number of rotatable bonds is 11. The predicted molar refractivity (Wildman–Crippen MR) is 169 cm³/mol. The van der Waals surface area contributed by atoms with E-state index in [0.29, 0.717) is 26.1 Å². The maximum absolute atomic E-state index is 12.4. The molecule has 1 aromatic heterocycles. The second kappa shape index (κ2) is 13.8. The number of aryl methyl sites for hydroxylation is 1. The van der Waals surface area contributed by atoms with Crippen molar-refractivity contribution in [3.05, 3.63) is 100 Å². The van der Waals surface area contributed by atoms with E-state index in [4.69, 9.17) is 9.47 Å². The van der Waals surface area contributed by atoms with Gasteiger partial charge in [0.1, 0.15) is 30.4 Å². The van der Waals surface area contributed by atoms with E-state index in [1.165, 1.54) is 23.9 Å². The van der Waals surface area contributed by atoms with Crippen molar-refractivity contribution < 1.29 is 32.3 Å². The Labute approximate surface area is 269 Å². The van der Waals surface area contributed by atoms with Gasteiger partial charge in [-0.15, -0.1) is 13.2 Å². The Balaban J connectivity index is 0.922. The first-order chi connectivity index (χ1) is 22.6. The highest BCUT2D eigenvalue weighted by atomic mass is 19.4. The summed E-state index contributed by atoms with van der Waals surface area (Å²) >= 11 is 0. The molecule has 14 heteroatoms. The molecule has 1 atom stereocenters. The molecule has 1 fully saturated rings. The normalized spacial score (nSPS) is 16.7. The zero-order chi connectivity index (χ0) is 33.0. The van der Waals surface area contributed by atoms with E-state index in [1.807, 2.05) is 24.1 Å². The molecule has 11 nitrogen and oxygen atoms in total. The number of hydrogen-bond acceptors (Lipinski definition) is 9. The van der Waals surface area contributed by atoms with Crippen LogP contribution in [0.4, 0.5) is 30.4 Å². The molecule has 3 aromatic carbocycles. The monoisotopic (exact) mass is 652 g/mol. The molecule has 4 aromatic rings. The van der Waals surface area contributed by atoms with Gasteiger partial charge in [-0.1, -0.05) is 24.3 Å².